The first-order chi connectivity index (χ1) is 7.83. The zero-order chi connectivity index (χ0) is 11.6. The minimum Gasteiger partial charge on any atom is -0.317 e. The molecule has 0 aliphatic carbocycles. The van der Waals surface area contributed by atoms with Gasteiger partial charge in [-0.15, -0.1) is 11.8 Å². The summed E-state index contributed by atoms with van der Waals surface area (Å²) in [4.78, 5) is 4.33. The molecule has 0 spiro atoms. The van der Waals surface area contributed by atoms with Gasteiger partial charge in [0.1, 0.15) is 0 Å². The second-order valence-corrected chi connectivity index (χ2v) is 5.65. The smallest absolute Gasteiger partial charge is 0.0960 e. The molecule has 0 aliphatic heterocycles. The van der Waals surface area contributed by atoms with Crippen LogP contribution in [-0.4, -0.2) is 23.8 Å². The second-order valence-electron chi connectivity index (χ2n) is 3.62. The summed E-state index contributed by atoms with van der Waals surface area (Å²) in [5.41, 5.74) is 0. The van der Waals surface area contributed by atoms with Crippen molar-refractivity contribution >= 4 is 27.7 Å². The van der Waals surface area contributed by atoms with E-state index in [1.165, 1.54) is 19.3 Å². The Balaban J connectivity index is 2.01. The van der Waals surface area contributed by atoms with Gasteiger partial charge in [0.25, 0.3) is 0 Å². The largest absolute Gasteiger partial charge is 0.317 e. The number of nitrogens with one attached hydrogen (secondary N) is 1. The van der Waals surface area contributed by atoms with E-state index in [1.807, 2.05) is 24.0 Å². The van der Waals surface area contributed by atoms with Gasteiger partial charge in [0, 0.05) is 10.7 Å². The highest BCUT2D eigenvalue weighted by Crippen LogP contribution is 2.18. The SMILES string of the molecule is CCCNCCCCSc1ccc(Br)cn1. The molecule has 0 saturated carbocycles. The Morgan fingerprint density at radius 3 is 2.88 bits per heavy atom. The molecule has 16 heavy (non-hydrogen) atoms. The first kappa shape index (κ1) is 14.0. The Labute approximate surface area is 111 Å². The molecule has 0 aromatic carbocycles. The Morgan fingerprint density at radius 2 is 2.19 bits per heavy atom. The van der Waals surface area contributed by atoms with E-state index in [2.05, 4.69) is 39.2 Å². The van der Waals surface area contributed by atoms with Gasteiger partial charge in [0.05, 0.1) is 5.03 Å². The quantitative estimate of drug-likeness (QED) is 0.585. The zero-order valence-corrected chi connectivity index (χ0v) is 12.1. The highest BCUT2D eigenvalue weighted by atomic mass is 79.9. The second kappa shape index (κ2) is 9.02. The predicted octanol–water partition coefficient (Wildman–Crippen LogP) is 3.72. The molecule has 0 amide bonds. The average Bonchev–Trinajstić information content (AvgIpc) is 2.30. The standard InChI is InChI=1S/C12H19BrN2S/c1-2-7-14-8-3-4-9-16-12-6-5-11(13)10-15-12/h5-6,10,14H,2-4,7-9H2,1H3. The summed E-state index contributed by atoms with van der Waals surface area (Å²) in [5.74, 6) is 1.16. The van der Waals surface area contributed by atoms with Gasteiger partial charge >= 0.3 is 0 Å². The summed E-state index contributed by atoms with van der Waals surface area (Å²) >= 11 is 5.22. The molecule has 1 N–H and O–H groups in total. The topological polar surface area (TPSA) is 24.9 Å². The number of pyridine rings is 1. The number of hydrogen-bond acceptors (Lipinski definition) is 3. The summed E-state index contributed by atoms with van der Waals surface area (Å²) in [7, 11) is 0. The maximum atomic E-state index is 4.33. The van der Waals surface area contributed by atoms with Crippen molar-refractivity contribution in [3.05, 3.63) is 22.8 Å². The molecule has 90 valence electrons. The van der Waals surface area contributed by atoms with Crippen LogP contribution in [0.4, 0.5) is 0 Å². The number of unbranched alkanes of at least 4 members (excludes halogenated alkanes) is 1. The van der Waals surface area contributed by atoms with Crippen LogP contribution in [0.5, 0.6) is 0 Å². The van der Waals surface area contributed by atoms with Crippen molar-refractivity contribution in [3.8, 4) is 0 Å². The van der Waals surface area contributed by atoms with E-state index < -0.39 is 0 Å². The molecule has 4 heteroatoms. The Morgan fingerprint density at radius 1 is 1.31 bits per heavy atom. The van der Waals surface area contributed by atoms with Gasteiger partial charge in [-0.3, -0.25) is 0 Å². The number of thioether (sulfide) groups is 1. The summed E-state index contributed by atoms with van der Waals surface area (Å²) in [6.45, 7) is 4.48. The van der Waals surface area contributed by atoms with E-state index in [-0.39, 0.29) is 0 Å². The fourth-order valence-electron chi connectivity index (χ4n) is 1.28. The van der Waals surface area contributed by atoms with Gasteiger partial charge in [-0.25, -0.2) is 4.98 Å². The van der Waals surface area contributed by atoms with Crippen molar-refractivity contribution in [1.82, 2.24) is 10.3 Å². The molecule has 1 aromatic heterocycles. The van der Waals surface area contributed by atoms with Gasteiger partial charge < -0.3 is 5.32 Å². The lowest BCUT2D eigenvalue weighted by Gasteiger charge is -2.03. The molecule has 0 saturated heterocycles. The third-order valence-electron chi connectivity index (χ3n) is 2.12. The number of rotatable bonds is 8. The molecule has 0 bridgehead atoms. The van der Waals surface area contributed by atoms with Crippen LogP contribution in [0.25, 0.3) is 0 Å². The average molecular weight is 303 g/mol. The van der Waals surface area contributed by atoms with Gasteiger partial charge in [0.2, 0.25) is 0 Å². The summed E-state index contributed by atoms with van der Waals surface area (Å²) in [6, 6.07) is 4.10. The molecule has 1 rings (SSSR count). The Hall–Kier alpha value is -0.0600. The normalized spacial score (nSPS) is 10.6. The molecular formula is C12H19BrN2S. The first-order valence-corrected chi connectivity index (χ1v) is 7.56. The van der Waals surface area contributed by atoms with Crippen molar-refractivity contribution in [1.29, 1.82) is 0 Å². The fraction of sp³-hybridized carbons (Fsp3) is 0.583. The minimum absolute atomic E-state index is 1.04. The monoisotopic (exact) mass is 302 g/mol. The molecule has 0 radical (unpaired) electrons. The third kappa shape index (κ3) is 6.51. The molecular weight excluding hydrogens is 284 g/mol. The van der Waals surface area contributed by atoms with Gasteiger partial charge in [-0.05, 0) is 66.2 Å². The lowest BCUT2D eigenvalue weighted by atomic mass is 10.3. The molecule has 0 unspecified atom stereocenters. The van der Waals surface area contributed by atoms with Crippen LogP contribution in [0.1, 0.15) is 26.2 Å². The fourth-order valence-corrected chi connectivity index (χ4v) is 2.36. The summed E-state index contributed by atoms with van der Waals surface area (Å²) in [5, 5.41) is 4.53. The van der Waals surface area contributed by atoms with E-state index in [0.717, 1.165) is 28.3 Å². The van der Waals surface area contributed by atoms with Crippen LogP contribution in [0.2, 0.25) is 0 Å². The van der Waals surface area contributed by atoms with E-state index in [0.29, 0.717) is 0 Å². The minimum atomic E-state index is 1.04. The first-order valence-electron chi connectivity index (χ1n) is 5.78. The van der Waals surface area contributed by atoms with Crippen molar-refractivity contribution in [2.24, 2.45) is 0 Å². The van der Waals surface area contributed by atoms with E-state index in [9.17, 15) is 0 Å². The number of hydrogen-bond donors (Lipinski definition) is 1. The van der Waals surface area contributed by atoms with Crippen LogP contribution in [0, 0.1) is 0 Å². The number of nitrogens with zero attached hydrogens (tertiary/aromatic N) is 1. The van der Waals surface area contributed by atoms with Crippen LogP contribution in [-0.2, 0) is 0 Å². The summed E-state index contributed by atoms with van der Waals surface area (Å²) < 4.78 is 1.04. The van der Waals surface area contributed by atoms with Crippen LogP contribution in [0.15, 0.2) is 27.8 Å². The lowest BCUT2D eigenvalue weighted by molar-refractivity contribution is 0.635. The predicted molar refractivity (Wildman–Crippen MR) is 75.1 cm³/mol. The maximum Gasteiger partial charge on any atom is 0.0960 e. The van der Waals surface area contributed by atoms with Crippen molar-refractivity contribution in [3.63, 3.8) is 0 Å². The van der Waals surface area contributed by atoms with Crippen molar-refractivity contribution in [2.75, 3.05) is 18.8 Å². The molecule has 0 aliphatic rings. The molecule has 0 atom stereocenters. The summed E-state index contributed by atoms with van der Waals surface area (Å²) in [6.07, 6.45) is 5.57. The highest BCUT2D eigenvalue weighted by molar-refractivity contribution is 9.10. The van der Waals surface area contributed by atoms with Gasteiger partial charge in [0.15, 0.2) is 0 Å². The van der Waals surface area contributed by atoms with E-state index in [1.54, 1.807) is 0 Å². The highest BCUT2D eigenvalue weighted by Gasteiger charge is 1.95. The third-order valence-corrected chi connectivity index (χ3v) is 3.62. The number of aromatic nitrogens is 1. The molecule has 2 nitrogen and oxygen atoms in total. The molecule has 1 heterocycles. The maximum absolute atomic E-state index is 4.33. The van der Waals surface area contributed by atoms with Gasteiger partial charge in [-0.1, -0.05) is 6.92 Å². The van der Waals surface area contributed by atoms with Crippen LogP contribution >= 0.6 is 27.7 Å². The number of halogens is 1. The molecule has 0 fully saturated rings. The molecule has 1 aromatic rings. The Bertz CT molecular complexity index is 277. The van der Waals surface area contributed by atoms with E-state index >= 15 is 0 Å². The van der Waals surface area contributed by atoms with E-state index in [4.69, 9.17) is 0 Å². The van der Waals surface area contributed by atoms with Crippen molar-refractivity contribution < 1.29 is 0 Å². The van der Waals surface area contributed by atoms with Crippen LogP contribution < -0.4 is 5.32 Å². The van der Waals surface area contributed by atoms with Crippen molar-refractivity contribution in [2.45, 2.75) is 31.2 Å². The lowest BCUT2D eigenvalue weighted by Crippen LogP contribution is -2.15. The van der Waals surface area contributed by atoms with Gasteiger partial charge in [-0.2, -0.15) is 0 Å². The Kier molecular flexibility index (Phi) is 7.89. The van der Waals surface area contributed by atoms with Crippen LogP contribution in [0.3, 0.4) is 0 Å². The zero-order valence-electron chi connectivity index (χ0n) is 9.71.